The van der Waals surface area contributed by atoms with E-state index in [9.17, 15) is 9.59 Å². The van der Waals surface area contributed by atoms with Crippen molar-refractivity contribution in [3.05, 3.63) is 70.2 Å². The van der Waals surface area contributed by atoms with E-state index in [0.717, 1.165) is 22.2 Å². The quantitative estimate of drug-likeness (QED) is 0.322. The van der Waals surface area contributed by atoms with E-state index in [1.807, 2.05) is 36.3 Å². The maximum absolute atomic E-state index is 13.6. The van der Waals surface area contributed by atoms with Crippen LogP contribution in [0.5, 0.6) is 5.75 Å². The number of ether oxygens (including phenoxy) is 2. The zero-order valence-corrected chi connectivity index (χ0v) is 23.6. The van der Waals surface area contributed by atoms with Gasteiger partial charge in [0.05, 0.1) is 43.4 Å². The minimum Gasteiger partial charge on any atom is -0.495 e. The predicted octanol–water partition coefficient (Wildman–Crippen LogP) is 4.52. The number of nitrogens with zero attached hydrogens (tertiary/aromatic N) is 5. The van der Waals surface area contributed by atoms with E-state index in [1.165, 1.54) is 17.7 Å². The normalized spacial score (nSPS) is 15.5. The number of aliphatic imine (C=N–C) groups is 1. The molecule has 11 heteroatoms. The van der Waals surface area contributed by atoms with Gasteiger partial charge in [0.2, 0.25) is 5.91 Å². The van der Waals surface area contributed by atoms with Crippen molar-refractivity contribution in [1.82, 2.24) is 14.3 Å². The molecule has 2 aromatic carbocycles. The summed E-state index contributed by atoms with van der Waals surface area (Å²) in [5, 5.41) is 8.74. The Labute approximate surface area is 236 Å². The van der Waals surface area contributed by atoms with Gasteiger partial charge in [0.15, 0.2) is 0 Å². The molecule has 4 aromatic rings. The number of carbonyl (C=O) groups excluding carboxylic acids is 1. The third kappa shape index (κ3) is 5.45. The van der Waals surface area contributed by atoms with Crippen LogP contribution in [0.1, 0.15) is 19.4 Å². The van der Waals surface area contributed by atoms with Gasteiger partial charge in [-0.15, -0.1) is 0 Å². The number of methoxy groups -OCH3 is 2. The van der Waals surface area contributed by atoms with Crippen LogP contribution in [0.3, 0.4) is 0 Å². The van der Waals surface area contributed by atoms with E-state index < -0.39 is 6.04 Å². The van der Waals surface area contributed by atoms with Gasteiger partial charge in [-0.05, 0) is 43.3 Å². The van der Waals surface area contributed by atoms with Crippen LogP contribution < -0.4 is 20.5 Å². The maximum atomic E-state index is 13.6. The summed E-state index contributed by atoms with van der Waals surface area (Å²) in [6.07, 6.45) is 5.53. The standard InChI is InChI=1S/C29H31ClN6O4/c1-18-14-31-17-36(18)25-8-5-20(30)12-22(25)23-13-28(37)35(16-27(23)40-4)26(9-10-39-3)29(38)32-21-6-7-24-19(11-21)15-34(2)33-24/h5-8,11-13,15-18,26H,9-10,14H2,1-4H3,(H,32,38). The number of hydrogen-bond donors (Lipinski definition) is 1. The molecular weight excluding hydrogens is 532 g/mol. The number of benzene rings is 2. The first-order valence-electron chi connectivity index (χ1n) is 12.9. The average molecular weight is 563 g/mol. The molecule has 1 aliphatic rings. The van der Waals surface area contributed by atoms with Crippen LogP contribution in [0.15, 0.2) is 64.6 Å². The molecule has 0 aliphatic carbocycles. The van der Waals surface area contributed by atoms with Crippen molar-refractivity contribution in [2.24, 2.45) is 12.0 Å². The summed E-state index contributed by atoms with van der Waals surface area (Å²) in [6, 6.07) is 11.8. The molecule has 0 saturated heterocycles. The molecule has 0 spiro atoms. The highest BCUT2D eigenvalue weighted by molar-refractivity contribution is 6.31. The number of fused-ring (bicyclic) bond motifs is 1. The third-order valence-electron chi connectivity index (χ3n) is 6.96. The van der Waals surface area contributed by atoms with Gasteiger partial charge < -0.3 is 19.7 Å². The first-order valence-corrected chi connectivity index (χ1v) is 13.3. The van der Waals surface area contributed by atoms with Crippen molar-refractivity contribution in [1.29, 1.82) is 0 Å². The minimum atomic E-state index is -0.843. The van der Waals surface area contributed by atoms with Crippen molar-refractivity contribution in [3.8, 4) is 16.9 Å². The van der Waals surface area contributed by atoms with Crippen LogP contribution in [0.4, 0.5) is 11.4 Å². The maximum Gasteiger partial charge on any atom is 0.252 e. The molecule has 2 atom stereocenters. The van der Waals surface area contributed by atoms with E-state index in [4.69, 9.17) is 21.1 Å². The molecule has 0 saturated carbocycles. The first-order chi connectivity index (χ1) is 19.3. The van der Waals surface area contributed by atoms with Crippen LogP contribution in [-0.4, -0.2) is 60.0 Å². The number of carbonyl (C=O) groups is 1. The summed E-state index contributed by atoms with van der Waals surface area (Å²) in [6.45, 7) is 3.03. The Morgan fingerprint density at radius 2 is 1.98 bits per heavy atom. The molecule has 40 heavy (non-hydrogen) atoms. The second kappa shape index (κ2) is 11.5. The Kier molecular flexibility index (Phi) is 7.90. The summed E-state index contributed by atoms with van der Waals surface area (Å²) in [7, 11) is 4.93. The molecular formula is C29H31ClN6O4. The summed E-state index contributed by atoms with van der Waals surface area (Å²) in [4.78, 5) is 33.6. The van der Waals surface area contributed by atoms with E-state index in [0.29, 0.717) is 28.6 Å². The minimum absolute atomic E-state index is 0.152. The Bertz CT molecular complexity index is 1650. The number of aromatic nitrogens is 3. The SMILES string of the molecule is COCCC(C(=O)Nc1ccc2nn(C)cc2c1)n1cc(OC)c(-c2cc(Cl)ccc2N2C=NCC2C)cc1=O. The van der Waals surface area contributed by atoms with Crippen LogP contribution in [0.2, 0.25) is 5.02 Å². The van der Waals surface area contributed by atoms with E-state index in [1.54, 1.807) is 42.5 Å². The lowest BCUT2D eigenvalue weighted by Gasteiger charge is -2.25. The molecule has 1 N–H and O–H groups in total. The molecule has 1 amide bonds. The number of halogens is 1. The summed E-state index contributed by atoms with van der Waals surface area (Å²) < 4.78 is 14.1. The molecule has 0 bridgehead atoms. The lowest BCUT2D eigenvalue weighted by atomic mass is 10.0. The van der Waals surface area contributed by atoms with Crippen molar-refractivity contribution in [2.45, 2.75) is 25.4 Å². The Balaban J connectivity index is 1.53. The van der Waals surface area contributed by atoms with Crippen LogP contribution >= 0.6 is 11.6 Å². The summed E-state index contributed by atoms with van der Waals surface area (Å²) >= 11 is 6.39. The van der Waals surface area contributed by atoms with Gasteiger partial charge in [0, 0.05) is 66.7 Å². The number of aryl methyl sites for hydroxylation is 1. The molecule has 1 aliphatic heterocycles. The lowest BCUT2D eigenvalue weighted by molar-refractivity contribution is -0.119. The molecule has 208 valence electrons. The smallest absolute Gasteiger partial charge is 0.252 e. The lowest BCUT2D eigenvalue weighted by Crippen LogP contribution is -2.34. The zero-order chi connectivity index (χ0) is 28.4. The van der Waals surface area contributed by atoms with Crippen LogP contribution in [-0.2, 0) is 16.6 Å². The summed E-state index contributed by atoms with van der Waals surface area (Å²) in [5.41, 5.74) is 3.23. The molecule has 3 heterocycles. The summed E-state index contributed by atoms with van der Waals surface area (Å²) in [5.74, 6) is 0.0849. The van der Waals surface area contributed by atoms with Crippen molar-refractivity contribution in [3.63, 3.8) is 0 Å². The number of pyridine rings is 1. The van der Waals surface area contributed by atoms with Gasteiger partial charge in [0.1, 0.15) is 11.8 Å². The van der Waals surface area contributed by atoms with Crippen LogP contribution in [0, 0.1) is 0 Å². The number of hydrogen-bond acceptors (Lipinski definition) is 7. The third-order valence-corrected chi connectivity index (χ3v) is 7.20. The second-order valence-electron chi connectivity index (χ2n) is 9.76. The molecule has 10 nitrogen and oxygen atoms in total. The molecule has 2 aromatic heterocycles. The Morgan fingerprint density at radius 3 is 2.70 bits per heavy atom. The van der Waals surface area contributed by atoms with Gasteiger partial charge in [-0.2, -0.15) is 5.10 Å². The van der Waals surface area contributed by atoms with Gasteiger partial charge in [-0.3, -0.25) is 23.8 Å². The van der Waals surface area contributed by atoms with Gasteiger partial charge >= 0.3 is 0 Å². The molecule has 0 radical (unpaired) electrons. The number of amides is 1. The zero-order valence-electron chi connectivity index (χ0n) is 22.8. The van der Waals surface area contributed by atoms with E-state index in [2.05, 4.69) is 22.3 Å². The van der Waals surface area contributed by atoms with Crippen LogP contribution in [0.25, 0.3) is 22.0 Å². The number of rotatable bonds is 9. The van der Waals surface area contributed by atoms with Crippen molar-refractivity contribution < 1.29 is 14.3 Å². The molecule has 0 fully saturated rings. The van der Waals surface area contributed by atoms with Gasteiger partial charge in [-0.1, -0.05) is 11.6 Å². The number of nitrogens with one attached hydrogen (secondary N) is 1. The second-order valence-corrected chi connectivity index (χ2v) is 10.2. The topological polar surface area (TPSA) is 103 Å². The van der Waals surface area contributed by atoms with Crippen molar-refractivity contribution >= 4 is 46.1 Å². The monoisotopic (exact) mass is 562 g/mol. The predicted molar refractivity (Wildman–Crippen MR) is 158 cm³/mol. The van der Waals surface area contributed by atoms with E-state index in [-0.39, 0.29) is 30.5 Å². The molecule has 2 unspecified atom stereocenters. The fourth-order valence-corrected chi connectivity index (χ4v) is 5.13. The fraction of sp³-hybridized carbons (Fsp3) is 0.310. The fourth-order valence-electron chi connectivity index (χ4n) is 4.96. The number of anilines is 2. The van der Waals surface area contributed by atoms with Gasteiger partial charge in [0.25, 0.3) is 5.56 Å². The van der Waals surface area contributed by atoms with Crippen molar-refractivity contribution in [2.75, 3.05) is 37.6 Å². The Morgan fingerprint density at radius 1 is 1.15 bits per heavy atom. The highest BCUT2D eigenvalue weighted by atomic mass is 35.5. The largest absolute Gasteiger partial charge is 0.495 e. The molecule has 5 rings (SSSR count). The average Bonchev–Trinajstić information content (AvgIpc) is 3.53. The highest BCUT2D eigenvalue weighted by Crippen LogP contribution is 2.39. The van der Waals surface area contributed by atoms with Gasteiger partial charge in [-0.25, -0.2) is 0 Å². The first kappa shape index (κ1) is 27.4. The Hall–Kier alpha value is -4.15. The highest BCUT2D eigenvalue weighted by Gasteiger charge is 2.26. The van der Waals surface area contributed by atoms with E-state index >= 15 is 0 Å².